The summed E-state index contributed by atoms with van der Waals surface area (Å²) in [5, 5.41) is 10.5. The lowest BCUT2D eigenvalue weighted by molar-refractivity contribution is 0.0402. The van der Waals surface area contributed by atoms with Gasteiger partial charge in [-0.05, 0) is 32.8 Å². The van der Waals surface area contributed by atoms with Crippen molar-refractivity contribution in [1.82, 2.24) is 4.90 Å². The lowest BCUT2D eigenvalue weighted by Crippen LogP contribution is -2.45. The molecular formula is C16H25NO2. The molecule has 1 aliphatic rings. The Bertz CT molecular complexity index is 397. The van der Waals surface area contributed by atoms with Gasteiger partial charge >= 0.3 is 0 Å². The van der Waals surface area contributed by atoms with Crippen LogP contribution in [0.4, 0.5) is 0 Å². The maximum absolute atomic E-state index is 10.5. The predicted molar refractivity (Wildman–Crippen MR) is 77.4 cm³/mol. The smallest absolute Gasteiger partial charge is 0.124 e. The van der Waals surface area contributed by atoms with Gasteiger partial charge in [-0.25, -0.2) is 0 Å². The van der Waals surface area contributed by atoms with Crippen LogP contribution in [0.3, 0.4) is 0 Å². The third kappa shape index (κ3) is 3.28. The molecule has 3 atom stereocenters. The number of likely N-dealkylation sites (tertiary alicyclic amines) is 1. The van der Waals surface area contributed by atoms with Crippen molar-refractivity contribution in [3.05, 3.63) is 29.8 Å². The van der Waals surface area contributed by atoms with Gasteiger partial charge in [-0.15, -0.1) is 0 Å². The Labute approximate surface area is 116 Å². The number of ether oxygens (including phenoxy) is 1. The fraction of sp³-hybridized carbons (Fsp3) is 0.625. The molecule has 0 bridgehead atoms. The van der Waals surface area contributed by atoms with E-state index in [2.05, 4.69) is 18.7 Å². The highest BCUT2D eigenvalue weighted by atomic mass is 16.5. The molecule has 0 spiro atoms. The molecule has 1 aromatic rings. The van der Waals surface area contributed by atoms with Gasteiger partial charge in [0, 0.05) is 24.2 Å². The molecule has 0 radical (unpaired) electrons. The summed E-state index contributed by atoms with van der Waals surface area (Å²) >= 11 is 0. The lowest BCUT2D eigenvalue weighted by atomic mass is 9.96. The van der Waals surface area contributed by atoms with E-state index in [9.17, 15) is 5.11 Å². The van der Waals surface area contributed by atoms with Crippen LogP contribution in [0.1, 0.15) is 44.8 Å². The van der Waals surface area contributed by atoms with Gasteiger partial charge in [-0.1, -0.05) is 24.6 Å². The van der Waals surface area contributed by atoms with Crippen molar-refractivity contribution in [2.24, 2.45) is 0 Å². The molecule has 1 N–H and O–H groups in total. The molecule has 3 nitrogen and oxygen atoms in total. The van der Waals surface area contributed by atoms with E-state index in [-0.39, 0.29) is 0 Å². The van der Waals surface area contributed by atoms with Crippen LogP contribution in [0.25, 0.3) is 0 Å². The fourth-order valence-corrected chi connectivity index (χ4v) is 3.07. The van der Waals surface area contributed by atoms with E-state index >= 15 is 0 Å². The highest BCUT2D eigenvalue weighted by Crippen LogP contribution is 2.29. The van der Waals surface area contributed by atoms with Gasteiger partial charge in [0.05, 0.1) is 13.2 Å². The van der Waals surface area contributed by atoms with E-state index in [1.807, 2.05) is 24.3 Å². The first kappa shape index (κ1) is 14.4. The molecule has 1 fully saturated rings. The number of rotatable bonds is 4. The van der Waals surface area contributed by atoms with Crippen LogP contribution in [0.5, 0.6) is 5.75 Å². The van der Waals surface area contributed by atoms with E-state index in [1.54, 1.807) is 7.11 Å². The highest BCUT2D eigenvalue weighted by Gasteiger charge is 2.27. The Kier molecular flexibility index (Phi) is 4.83. The highest BCUT2D eigenvalue weighted by molar-refractivity contribution is 5.35. The van der Waals surface area contributed by atoms with Crippen molar-refractivity contribution >= 4 is 0 Å². The standard InChI is InChI=1S/C16H25NO2/c1-12-7-6-8-13(2)17(12)11-15(18)14-9-4-5-10-16(14)19-3/h4-5,9-10,12-13,15,18H,6-8,11H2,1-3H3/t12-,13+,15?. The normalized spacial score (nSPS) is 26.1. The van der Waals surface area contributed by atoms with Gasteiger partial charge in [0.2, 0.25) is 0 Å². The van der Waals surface area contributed by atoms with Crippen molar-refractivity contribution in [3.8, 4) is 5.75 Å². The van der Waals surface area contributed by atoms with Gasteiger partial charge in [-0.2, -0.15) is 0 Å². The summed E-state index contributed by atoms with van der Waals surface area (Å²) < 4.78 is 5.33. The minimum atomic E-state index is -0.487. The number of hydrogen-bond donors (Lipinski definition) is 1. The SMILES string of the molecule is COc1ccccc1C(O)CN1[C@H](C)CCC[C@@H]1C. The first-order valence-corrected chi connectivity index (χ1v) is 7.20. The van der Waals surface area contributed by atoms with Crippen LogP contribution in [-0.2, 0) is 0 Å². The summed E-state index contributed by atoms with van der Waals surface area (Å²) in [5.41, 5.74) is 0.884. The largest absolute Gasteiger partial charge is 0.496 e. The molecular weight excluding hydrogens is 238 g/mol. The van der Waals surface area contributed by atoms with Crippen molar-refractivity contribution in [2.75, 3.05) is 13.7 Å². The molecule has 1 heterocycles. The monoisotopic (exact) mass is 263 g/mol. The minimum absolute atomic E-state index is 0.487. The second-order valence-electron chi connectivity index (χ2n) is 5.58. The van der Waals surface area contributed by atoms with Crippen molar-refractivity contribution in [3.63, 3.8) is 0 Å². The average molecular weight is 263 g/mol. The maximum atomic E-state index is 10.5. The Morgan fingerprint density at radius 1 is 1.26 bits per heavy atom. The third-order valence-electron chi connectivity index (χ3n) is 4.26. The van der Waals surface area contributed by atoms with Gasteiger partial charge in [-0.3, -0.25) is 4.90 Å². The zero-order valence-corrected chi connectivity index (χ0v) is 12.2. The van der Waals surface area contributed by atoms with Crippen LogP contribution in [0.2, 0.25) is 0 Å². The molecule has 0 aliphatic carbocycles. The topological polar surface area (TPSA) is 32.7 Å². The van der Waals surface area contributed by atoms with E-state index in [4.69, 9.17) is 4.74 Å². The zero-order valence-electron chi connectivity index (χ0n) is 12.2. The average Bonchev–Trinajstić information content (AvgIpc) is 2.42. The summed E-state index contributed by atoms with van der Waals surface area (Å²) in [5.74, 6) is 0.771. The number of β-amino-alcohol motifs (C(OH)–C–C–N with tert-alkyl or cyclic N) is 1. The number of para-hydroxylation sites is 1. The number of benzene rings is 1. The second-order valence-corrected chi connectivity index (χ2v) is 5.58. The Morgan fingerprint density at radius 2 is 1.89 bits per heavy atom. The van der Waals surface area contributed by atoms with Crippen LogP contribution < -0.4 is 4.74 Å². The van der Waals surface area contributed by atoms with Gasteiger partial charge < -0.3 is 9.84 Å². The molecule has 3 heteroatoms. The van der Waals surface area contributed by atoms with E-state index in [0.717, 1.165) is 11.3 Å². The third-order valence-corrected chi connectivity index (χ3v) is 4.26. The number of aliphatic hydroxyl groups is 1. The molecule has 0 amide bonds. The molecule has 1 saturated heterocycles. The van der Waals surface area contributed by atoms with Crippen molar-refractivity contribution in [1.29, 1.82) is 0 Å². The van der Waals surface area contributed by atoms with Gasteiger partial charge in [0.15, 0.2) is 0 Å². The van der Waals surface area contributed by atoms with Crippen LogP contribution in [0, 0.1) is 0 Å². The molecule has 106 valence electrons. The number of hydrogen-bond acceptors (Lipinski definition) is 3. The minimum Gasteiger partial charge on any atom is -0.496 e. The summed E-state index contributed by atoms with van der Waals surface area (Å²) in [6.45, 7) is 5.19. The molecule has 19 heavy (non-hydrogen) atoms. The Morgan fingerprint density at radius 3 is 2.53 bits per heavy atom. The molecule has 1 unspecified atom stereocenters. The first-order valence-electron chi connectivity index (χ1n) is 7.20. The van der Waals surface area contributed by atoms with Crippen LogP contribution >= 0.6 is 0 Å². The van der Waals surface area contributed by atoms with Crippen LogP contribution in [0.15, 0.2) is 24.3 Å². The fourth-order valence-electron chi connectivity index (χ4n) is 3.07. The number of aliphatic hydroxyl groups excluding tert-OH is 1. The van der Waals surface area contributed by atoms with Crippen LogP contribution in [-0.4, -0.2) is 35.7 Å². The van der Waals surface area contributed by atoms with Crippen molar-refractivity contribution in [2.45, 2.75) is 51.3 Å². The lowest BCUT2D eigenvalue weighted by Gasteiger charge is -2.40. The number of methoxy groups -OCH3 is 1. The summed E-state index contributed by atoms with van der Waals surface area (Å²) in [6.07, 6.45) is 3.26. The molecule has 0 aromatic heterocycles. The molecule has 1 aliphatic heterocycles. The zero-order chi connectivity index (χ0) is 13.8. The summed E-state index contributed by atoms with van der Waals surface area (Å²) in [7, 11) is 1.65. The second kappa shape index (κ2) is 6.40. The summed E-state index contributed by atoms with van der Waals surface area (Å²) in [4.78, 5) is 2.42. The van der Waals surface area contributed by atoms with E-state index in [1.165, 1.54) is 19.3 Å². The predicted octanol–water partition coefficient (Wildman–Crippen LogP) is 2.99. The maximum Gasteiger partial charge on any atom is 0.124 e. The summed E-state index contributed by atoms with van der Waals surface area (Å²) in [6, 6.07) is 8.83. The van der Waals surface area contributed by atoms with E-state index in [0.29, 0.717) is 18.6 Å². The Hall–Kier alpha value is -1.06. The quantitative estimate of drug-likeness (QED) is 0.906. The molecule has 0 saturated carbocycles. The van der Waals surface area contributed by atoms with Gasteiger partial charge in [0.1, 0.15) is 5.75 Å². The first-order chi connectivity index (χ1) is 9.13. The van der Waals surface area contributed by atoms with E-state index < -0.39 is 6.10 Å². The Balaban J connectivity index is 2.09. The molecule has 1 aromatic carbocycles. The van der Waals surface area contributed by atoms with Gasteiger partial charge in [0.25, 0.3) is 0 Å². The number of nitrogens with zero attached hydrogens (tertiary/aromatic N) is 1. The van der Waals surface area contributed by atoms with Crippen molar-refractivity contribution < 1.29 is 9.84 Å². The number of piperidine rings is 1. The molecule has 2 rings (SSSR count).